The highest BCUT2D eigenvalue weighted by Gasteiger charge is 2.22. The number of hydrogen-bond donors (Lipinski definition) is 1. The second kappa shape index (κ2) is 8.71. The Morgan fingerprint density at radius 3 is 2.65 bits per heavy atom. The number of aromatic nitrogens is 1. The molecule has 31 heavy (non-hydrogen) atoms. The summed E-state index contributed by atoms with van der Waals surface area (Å²) in [7, 11) is 1.54. The Morgan fingerprint density at radius 2 is 1.87 bits per heavy atom. The molecule has 1 atom stereocenters. The lowest BCUT2D eigenvalue weighted by Crippen LogP contribution is -2.30. The number of benzene rings is 2. The van der Waals surface area contributed by atoms with E-state index >= 15 is 0 Å². The van der Waals surface area contributed by atoms with Crippen LogP contribution in [0.3, 0.4) is 0 Å². The summed E-state index contributed by atoms with van der Waals surface area (Å²) in [6, 6.07) is 19.3. The molecule has 2 heterocycles. The summed E-state index contributed by atoms with van der Waals surface area (Å²) < 4.78 is 16.0. The number of fused-ring (bicyclic) bond motifs is 1. The third-order valence-corrected chi connectivity index (χ3v) is 4.70. The Kier molecular flexibility index (Phi) is 5.66. The molecule has 0 spiro atoms. The van der Waals surface area contributed by atoms with Crippen molar-refractivity contribution < 1.29 is 23.5 Å². The van der Waals surface area contributed by atoms with Gasteiger partial charge in [0, 0.05) is 17.1 Å². The number of carbonyl (C=O) groups excluding carboxylic acids is 2. The zero-order valence-electron chi connectivity index (χ0n) is 17.0. The third kappa shape index (κ3) is 4.40. The molecule has 0 aliphatic carbocycles. The number of anilines is 1. The lowest BCUT2D eigenvalue weighted by atomic mass is 10.1. The Hall–Kier alpha value is -4.13. The largest absolute Gasteiger partial charge is 0.497 e. The van der Waals surface area contributed by atoms with Crippen molar-refractivity contribution in [3.63, 3.8) is 0 Å². The zero-order valence-corrected chi connectivity index (χ0v) is 17.0. The molecule has 0 aliphatic heterocycles. The first-order valence-corrected chi connectivity index (χ1v) is 9.64. The summed E-state index contributed by atoms with van der Waals surface area (Å²) >= 11 is 0. The Balaban J connectivity index is 1.56. The fourth-order valence-corrected chi connectivity index (χ4v) is 3.12. The monoisotopic (exact) mass is 416 g/mol. The van der Waals surface area contributed by atoms with Crippen molar-refractivity contribution in [1.29, 1.82) is 0 Å². The summed E-state index contributed by atoms with van der Waals surface area (Å²) in [6.45, 7) is 1.52. The van der Waals surface area contributed by atoms with Crippen LogP contribution in [0.5, 0.6) is 5.75 Å². The predicted molar refractivity (Wildman–Crippen MR) is 116 cm³/mol. The molecule has 0 fully saturated rings. The molecule has 0 saturated heterocycles. The molecule has 0 bridgehead atoms. The molecular weight excluding hydrogens is 396 g/mol. The van der Waals surface area contributed by atoms with Gasteiger partial charge in [-0.15, -0.1) is 0 Å². The fourth-order valence-electron chi connectivity index (χ4n) is 3.12. The molecule has 4 rings (SSSR count). The van der Waals surface area contributed by atoms with E-state index in [4.69, 9.17) is 13.9 Å². The topological polar surface area (TPSA) is 90.7 Å². The average Bonchev–Trinajstić information content (AvgIpc) is 3.33. The van der Waals surface area contributed by atoms with Gasteiger partial charge in [-0.1, -0.05) is 24.3 Å². The number of amides is 1. The van der Waals surface area contributed by atoms with Crippen LogP contribution in [-0.2, 0) is 9.53 Å². The predicted octanol–water partition coefficient (Wildman–Crippen LogP) is 4.69. The summed E-state index contributed by atoms with van der Waals surface area (Å²) in [5, 5.41) is 3.35. The molecule has 0 aliphatic rings. The molecule has 1 N–H and O–H groups in total. The van der Waals surface area contributed by atoms with E-state index in [0.29, 0.717) is 39.4 Å². The molecule has 0 unspecified atom stereocenters. The highest BCUT2D eigenvalue weighted by molar-refractivity contribution is 6.05. The van der Waals surface area contributed by atoms with E-state index in [9.17, 15) is 9.59 Å². The van der Waals surface area contributed by atoms with Crippen LogP contribution in [0.15, 0.2) is 77.4 Å². The van der Waals surface area contributed by atoms with Gasteiger partial charge in [-0.3, -0.25) is 4.79 Å². The average molecular weight is 416 g/mol. The van der Waals surface area contributed by atoms with Gasteiger partial charge in [-0.2, -0.15) is 0 Å². The van der Waals surface area contributed by atoms with Gasteiger partial charge in [0.05, 0.1) is 24.5 Å². The van der Waals surface area contributed by atoms with Crippen LogP contribution in [0.4, 0.5) is 5.69 Å². The number of para-hydroxylation sites is 1. The van der Waals surface area contributed by atoms with Crippen molar-refractivity contribution in [1.82, 2.24) is 4.98 Å². The molecule has 7 nitrogen and oxygen atoms in total. The number of furan rings is 1. The number of esters is 1. The third-order valence-electron chi connectivity index (χ3n) is 4.70. The lowest BCUT2D eigenvalue weighted by molar-refractivity contribution is -0.123. The Morgan fingerprint density at radius 1 is 1.03 bits per heavy atom. The standard InChI is InChI=1S/C24H20N2O5/c1-15(23(27)25-16-7-5-8-17(13-16)29-2)31-24(28)19-14-21(22-11-6-12-30-22)26-20-10-4-3-9-18(19)20/h3-15H,1-2H3,(H,25,27)/t15-/m1/s1. The van der Waals surface area contributed by atoms with E-state index < -0.39 is 18.0 Å². The Bertz CT molecular complexity index is 1230. The molecule has 2 aromatic heterocycles. The van der Waals surface area contributed by atoms with Crippen LogP contribution in [0, 0.1) is 0 Å². The van der Waals surface area contributed by atoms with Crippen LogP contribution in [0.25, 0.3) is 22.4 Å². The molecular formula is C24H20N2O5. The number of nitrogens with one attached hydrogen (secondary N) is 1. The van der Waals surface area contributed by atoms with Crippen LogP contribution in [0.1, 0.15) is 17.3 Å². The summed E-state index contributed by atoms with van der Waals surface area (Å²) in [5.41, 5.74) is 1.97. The molecule has 156 valence electrons. The summed E-state index contributed by atoms with van der Waals surface area (Å²) in [6.07, 6.45) is 0.521. The fraction of sp³-hybridized carbons (Fsp3) is 0.125. The van der Waals surface area contributed by atoms with E-state index in [1.165, 1.54) is 13.2 Å². The summed E-state index contributed by atoms with van der Waals surface area (Å²) in [4.78, 5) is 30.1. The smallest absolute Gasteiger partial charge is 0.339 e. The van der Waals surface area contributed by atoms with Crippen molar-refractivity contribution in [2.45, 2.75) is 13.0 Å². The number of carbonyl (C=O) groups is 2. The molecule has 1 amide bonds. The first-order chi connectivity index (χ1) is 15.0. The number of methoxy groups -OCH3 is 1. The summed E-state index contributed by atoms with van der Waals surface area (Å²) in [5.74, 6) is 0.0608. The Labute approximate surface area is 178 Å². The number of nitrogens with zero attached hydrogens (tertiary/aromatic N) is 1. The first-order valence-electron chi connectivity index (χ1n) is 9.64. The van der Waals surface area contributed by atoms with E-state index in [1.54, 1.807) is 61.7 Å². The number of hydrogen-bond acceptors (Lipinski definition) is 6. The highest BCUT2D eigenvalue weighted by atomic mass is 16.5. The van der Waals surface area contributed by atoms with Crippen molar-refractivity contribution in [3.8, 4) is 17.2 Å². The quantitative estimate of drug-likeness (QED) is 0.459. The SMILES string of the molecule is COc1cccc(NC(=O)[C@@H](C)OC(=O)c2cc(-c3ccco3)nc3ccccc23)c1. The molecule has 0 radical (unpaired) electrons. The first kappa shape index (κ1) is 20.2. The van der Waals surface area contributed by atoms with Gasteiger partial charge >= 0.3 is 5.97 Å². The van der Waals surface area contributed by atoms with Gasteiger partial charge in [-0.05, 0) is 43.3 Å². The van der Waals surface area contributed by atoms with Gasteiger partial charge in [0.2, 0.25) is 0 Å². The molecule has 7 heteroatoms. The normalized spacial score (nSPS) is 11.7. The minimum Gasteiger partial charge on any atom is -0.497 e. The van der Waals surface area contributed by atoms with Gasteiger partial charge in [-0.25, -0.2) is 9.78 Å². The van der Waals surface area contributed by atoms with Crippen molar-refractivity contribution in [2.75, 3.05) is 12.4 Å². The molecule has 4 aromatic rings. The van der Waals surface area contributed by atoms with E-state index in [1.807, 2.05) is 12.1 Å². The van der Waals surface area contributed by atoms with Gasteiger partial charge in [0.1, 0.15) is 11.4 Å². The zero-order chi connectivity index (χ0) is 21.8. The number of pyridine rings is 1. The van der Waals surface area contributed by atoms with Crippen LogP contribution in [-0.4, -0.2) is 30.1 Å². The van der Waals surface area contributed by atoms with Gasteiger partial charge < -0.3 is 19.2 Å². The van der Waals surface area contributed by atoms with Crippen LogP contribution < -0.4 is 10.1 Å². The maximum atomic E-state index is 13.0. The van der Waals surface area contributed by atoms with Crippen LogP contribution in [0.2, 0.25) is 0 Å². The lowest BCUT2D eigenvalue weighted by Gasteiger charge is -2.15. The molecule has 0 saturated carbocycles. The number of rotatable bonds is 6. The highest BCUT2D eigenvalue weighted by Crippen LogP contribution is 2.26. The maximum Gasteiger partial charge on any atom is 0.339 e. The van der Waals surface area contributed by atoms with E-state index in [2.05, 4.69) is 10.3 Å². The maximum absolute atomic E-state index is 13.0. The minimum atomic E-state index is -1.02. The van der Waals surface area contributed by atoms with Crippen LogP contribution >= 0.6 is 0 Å². The second-order valence-corrected chi connectivity index (χ2v) is 6.82. The number of ether oxygens (including phenoxy) is 2. The second-order valence-electron chi connectivity index (χ2n) is 6.82. The van der Waals surface area contributed by atoms with Crippen molar-refractivity contribution in [2.24, 2.45) is 0 Å². The van der Waals surface area contributed by atoms with Crippen molar-refractivity contribution >= 4 is 28.5 Å². The van der Waals surface area contributed by atoms with E-state index in [-0.39, 0.29) is 0 Å². The van der Waals surface area contributed by atoms with Gasteiger partial charge in [0.25, 0.3) is 5.91 Å². The van der Waals surface area contributed by atoms with Crippen molar-refractivity contribution in [3.05, 3.63) is 78.6 Å². The molecule has 2 aromatic carbocycles. The minimum absolute atomic E-state index is 0.304. The van der Waals surface area contributed by atoms with Gasteiger partial charge in [0.15, 0.2) is 11.9 Å². The van der Waals surface area contributed by atoms with E-state index in [0.717, 1.165) is 0 Å².